The number of terminal acetylenes is 1. The number of nitrogens with one attached hydrogen (secondary N) is 1. The van der Waals surface area contributed by atoms with E-state index < -0.39 is 18.3 Å². The molecule has 5 atom stereocenters. The maximum absolute atomic E-state index is 13.6. The Morgan fingerprint density at radius 2 is 1.86 bits per heavy atom. The number of carbonyl (C=O) groups is 2. The first kappa shape index (κ1) is 32.4. The van der Waals surface area contributed by atoms with E-state index in [1.807, 2.05) is 50.2 Å². The normalized spacial score (nSPS) is 24.4. The summed E-state index contributed by atoms with van der Waals surface area (Å²) >= 11 is 0. The first-order valence-electron chi connectivity index (χ1n) is 14.0. The lowest BCUT2D eigenvalue weighted by molar-refractivity contribution is -0.132. The summed E-state index contributed by atoms with van der Waals surface area (Å²) in [6.45, 7) is 3.05. The Balaban J connectivity index is 0.000000745. The lowest BCUT2D eigenvalue weighted by Gasteiger charge is -2.40. The van der Waals surface area contributed by atoms with Gasteiger partial charge >= 0.3 is 6.68 Å². The fraction of sp³-hybridized carbons (Fsp3) is 0.484. The molecule has 3 N–H and O–H groups in total. The zero-order chi connectivity index (χ0) is 31.0. The second-order valence-electron chi connectivity index (χ2n) is 10.5. The van der Waals surface area contributed by atoms with E-state index >= 15 is 0 Å². The minimum Gasteiger partial charge on any atom is -0.493 e. The number of halogens is 3. The number of rotatable bonds is 7. The molecule has 0 spiro atoms. The number of aromatic nitrogens is 1. The number of hydrogen-bond donors (Lipinski definition) is 2. The van der Waals surface area contributed by atoms with Gasteiger partial charge in [-0.1, -0.05) is 45.0 Å². The van der Waals surface area contributed by atoms with Crippen LogP contribution in [0.25, 0.3) is 0 Å². The van der Waals surface area contributed by atoms with Gasteiger partial charge < -0.3 is 15.8 Å². The molecular formula is C31H38F3N5O3. The molecular weight excluding hydrogens is 547 g/mol. The summed E-state index contributed by atoms with van der Waals surface area (Å²) < 4.78 is 34.8. The minimum atomic E-state index is -3.67. The molecule has 42 heavy (non-hydrogen) atoms. The van der Waals surface area contributed by atoms with Crippen molar-refractivity contribution in [2.45, 2.75) is 70.8 Å². The molecule has 2 aliphatic heterocycles. The Labute approximate surface area is 244 Å². The van der Waals surface area contributed by atoms with Gasteiger partial charge in [0.1, 0.15) is 5.75 Å². The van der Waals surface area contributed by atoms with E-state index in [0.29, 0.717) is 13.0 Å². The Kier molecular flexibility index (Phi) is 11.0. The Bertz CT molecular complexity index is 1270. The van der Waals surface area contributed by atoms with Gasteiger partial charge in [0.25, 0.3) is 0 Å². The monoisotopic (exact) mass is 585 g/mol. The highest BCUT2D eigenvalue weighted by atomic mass is 19.4. The lowest BCUT2D eigenvalue weighted by Crippen LogP contribution is -2.53. The van der Waals surface area contributed by atoms with Gasteiger partial charge in [0.05, 0.1) is 30.7 Å². The standard InChI is InChI=1S/C28H35N5O3.C2H2.CHF3/c1-4-28(5-2)15-22(34)33(27(29)32-28)25(18-9-8-13-30-16-18)23-17(3)24(23)26(35)31-20-12-14-36-21-11-7-6-10-19(20)21;1-2;2-1(3)4/h6-11,13,16-17,20,23-25H,4-5,12,14-15H2,1-3H3,(H2,29,32)(H,31,35);1-2H;1H/t17?,20-,23?,24?,25?;;/m0../s1. The van der Waals surface area contributed by atoms with Crippen LogP contribution in [0, 0.1) is 30.6 Å². The quantitative estimate of drug-likeness (QED) is 0.436. The van der Waals surface area contributed by atoms with Crippen LogP contribution >= 0.6 is 0 Å². The maximum atomic E-state index is 13.6. The summed E-state index contributed by atoms with van der Waals surface area (Å²) in [6.07, 6.45) is 14.0. The van der Waals surface area contributed by atoms with Crippen molar-refractivity contribution in [3.05, 3.63) is 59.9 Å². The predicted octanol–water partition coefficient (Wildman–Crippen LogP) is 5.18. The van der Waals surface area contributed by atoms with E-state index in [1.165, 1.54) is 0 Å². The summed E-state index contributed by atoms with van der Waals surface area (Å²) in [6, 6.07) is 11.2. The molecule has 8 nitrogen and oxygen atoms in total. The third-order valence-electron chi connectivity index (χ3n) is 8.36. The van der Waals surface area contributed by atoms with Crippen LogP contribution in [0.2, 0.25) is 0 Å². The third-order valence-corrected chi connectivity index (χ3v) is 8.36. The maximum Gasteiger partial charge on any atom is 0.379 e. The van der Waals surface area contributed by atoms with Crippen molar-refractivity contribution in [1.82, 2.24) is 15.2 Å². The summed E-state index contributed by atoms with van der Waals surface area (Å²) in [5.41, 5.74) is 7.90. The van der Waals surface area contributed by atoms with Crippen molar-refractivity contribution < 1.29 is 27.5 Å². The van der Waals surface area contributed by atoms with Gasteiger partial charge in [0.2, 0.25) is 11.8 Å². The fourth-order valence-electron chi connectivity index (χ4n) is 6.03. The SMILES string of the molecule is C#C.CCC1(CC)CC(=O)N(C(c2cccnc2)C2C(C)C2C(=O)N[C@H]2CCOc3ccccc32)C(N)=N1.FC(F)F. The van der Waals surface area contributed by atoms with Gasteiger partial charge in [-0.05, 0) is 42.4 Å². The molecule has 1 aromatic carbocycles. The number of guanidine groups is 1. The second-order valence-corrected chi connectivity index (χ2v) is 10.5. The summed E-state index contributed by atoms with van der Waals surface area (Å²) in [7, 11) is 0. The van der Waals surface area contributed by atoms with Crippen molar-refractivity contribution in [2.75, 3.05) is 6.61 Å². The molecule has 1 fully saturated rings. The number of alkyl halides is 3. The molecule has 1 saturated carbocycles. The zero-order valence-corrected chi connectivity index (χ0v) is 24.1. The van der Waals surface area contributed by atoms with Crippen LogP contribution in [-0.4, -0.2) is 46.5 Å². The van der Waals surface area contributed by atoms with Crippen LogP contribution in [0.4, 0.5) is 13.2 Å². The summed E-state index contributed by atoms with van der Waals surface area (Å²) in [5, 5.41) is 3.26. The smallest absolute Gasteiger partial charge is 0.379 e. The molecule has 1 aliphatic carbocycles. The Hall–Kier alpha value is -4.07. The van der Waals surface area contributed by atoms with Crippen molar-refractivity contribution >= 4 is 17.8 Å². The number of aliphatic imine (C=N–C) groups is 1. The molecule has 0 saturated heterocycles. The van der Waals surface area contributed by atoms with Gasteiger partial charge in [0.15, 0.2) is 5.96 Å². The number of hydrogen-bond acceptors (Lipinski definition) is 6. The van der Waals surface area contributed by atoms with Crippen molar-refractivity contribution in [3.63, 3.8) is 0 Å². The highest BCUT2D eigenvalue weighted by Crippen LogP contribution is 2.56. The fourth-order valence-corrected chi connectivity index (χ4v) is 6.03. The first-order valence-corrected chi connectivity index (χ1v) is 14.0. The molecule has 1 aromatic heterocycles. The van der Waals surface area contributed by atoms with Crippen molar-refractivity contribution in [3.8, 4) is 18.6 Å². The second kappa shape index (κ2) is 14.2. The van der Waals surface area contributed by atoms with Crippen LogP contribution in [-0.2, 0) is 9.59 Å². The van der Waals surface area contributed by atoms with Gasteiger partial charge in [-0.3, -0.25) is 19.5 Å². The number of amides is 2. The van der Waals surface area contributed by atoms with E-state index in [4.69, 9.17) is 15.5 Å². The lowest BCUT2D eigenvalue weighted by atomic mass is 9.87. The van der Waals surface area contributed by atoms with E-state index in [2.05, 4.69) is 30.1 Å². The third kappa shape index (κ3) is 7.04. The Morgan fingerprint density at radius 3 is 2.45 bits per heavy atom. The number of benzene rings is 1. The average Bonchev–Trinajstić information content (AvgIpc) is 3.66. The number of carbonyl (C=O) groups excluding carboxylic acids is 2. The first-order chi connectivity index (χ1) is 20.1. The van der Waals surface area contributed by atoms with E-state index in [9.17, 15) is 22.8 Å². The molecule has 4 unspecified atom stereocenters. The molecule has 2 amide bonds. The molecule has 3 aliphatic rings. The van der Waals surface area contributed by atoms with Crippen LogP contribution in [0.5, 0.6) is 5.75 Å². The number of nitrogens with two attached hydrogens (primary N) is 1. The molecule has 5 rings (SSSR count). The van der Waals surface area contributed by atoms with E-state index in [0.717, 1.165) is 36.1 Å². The van der Waals surface area contributed by atoms with Crippen LogP contribution in [0.3, 0.4) is 0 Å². The topological polar surface area (TPSA) is 110 Å². The van der Waals surface area contributed by atoms with Crippen molar-refractivity contribution in [2.24, 2.45) is 28.5 Å². The van der Waals surface area contributed by atoms with Crippen LogP contribution in [0.1, 0.15) is 69.7 Å². The average molecular weight is 586 g/mol. The largest absolute Gasteiger partial charge is 0.493 e. The highest BCUT2D eigenvalue weighted by molar-refractivity contribution is 6.00. The van der Waals surface area contributed by atoms with E-state index in [-0.39, 0.29) is 41.6 Å². The number of fused-ring (bicyclic) bond motifs is 1. The summed E-state index contributed by atoms with van der Waals surface area (Å²) in [5.74, 6) is 0.764. The predicted molar refractivity (Wildman–Crippen MR) is 154 cm³/mol. The van der Waals surface area contributed by atoms with Gasteiger partial charge in [-0.2, -0.15) is 13.2 Å². The molecule has 0 radical (unpaired) electrons. The highest BCUT2D eigenvalue weighted by Gasteiger charge is 2.59. The number of pyridine rings is 1. The molecule has 0 bridgehead atoms. The van der Waals surface area contributed by atoms with E-state index in [1.54, 1.807) is 17.3 Å². The molecule has 2 aromatic rings. The van der Waals surface area contributed by atoms with Crippen LogP contribution < -0.4 is 15.8 Å². The number of para-hydroxylation sites is 1. The molecule has 226 valence electrons. The van der Waals surface area contributed by atoms with Gasteiger partial charge in [-0.15, -0.1) is 12.8 Å². The number of nitrogens with zero attached hydrogens (tertiary/aromatic N) is 3. The number of ether oxygens (including phenoxy) is 1. The molecule has 11 heteroatoms. The summed E-state index contributed by atoms with van der Waals surface area (Å²) in [4.78, 5) is 37.8. The zero-order valence-electron chi connectivity index (χ0n) is 24.1. The van der Waals surface area contributed by atoms with Gasteiger partial charge in [-0.25, -0.2) is 4.99 Å². The van der Waals surface area contributed by atoms with Gasteiger partial charge in [0, 0.05) is 30.3 Å². The molecule has 3 heterocycles. The van der Waals surface area contributed by atoms with Crippen molar-refractivity contribution in [1.29, 1.82) is 0 Å². The van der Waals surface area contributed by atoms with Crippen LogP contribution in [0.15, 0.2) is 53.8 Å². The minimum absolute atomic E-state index is 0.000440. The Morgan fingerprint density at radius 1 is 1.19 bits per heavy atom.